The van der Waals surface area contributed by atoms with Gasteiger partial charge in [-0.2, -0.15) is 0 Å². The minimum absolute atomic E-state index is 0.0693. The molecule has 0 radical (unpaired) electrons. The first-order chi connectivity index (χ1) is 8.63. The summed E-state index contributed by atoms with van der Waals surface area (Å²) < 4.78 is 2.18. The molecule has 0 aliphatic carbocycles. The van der Waals surface area contributed by atoms with Gasteiger partial charge in [-0.1, -0.05) is 32.9 Å². The molecular formula is C15H20N2O. The Morgan fingerprint density at radius 1 is 1.33 bits per heavy atom. The maximum Gasteiger partial charge on any atom is 0.142 e. The maximum atomic E-state index is 11.9. The predicted octanol–water partition coefficient (Wildman–Crippen LogP) is 3.21. The summed E-state index contributed by atoms with van der Waals surface area (Å²) in [5.74, 6) is 1.22. The van der Waals surface area contributed by atoms with Crippen LogP contribution < -0.4 is 0 Å². The molecular weight excluding hydrogens is 224 g/mol. The molecule has 0 spiro atoms. The van der Waals surface area contributed by atoms with Crippen molar-refractivity contribution in [2.45, 2.75) is 40.2 Å². The monoisotopic (exact) mass is 244 g/mol. The van der Waals surface area contributed by atoms with Crippen LogP contribution in [-0.2, 0) is 17.8 Å². The topological polar surface area (TPSA) is 34.9 Å². The van der Waals surface area contributed by atoms with Gasteiger partial charge in [0.25, 0.3) is 0 Å². The van der Waals surface area contributed by atoms with Crippen LogP contribution in [0.15, 0.2) is 24.3 Å². The lowest BCUT2D eigenvalue weighted by atomic mass is 10.1. The molecule has 0 saturated carbocycles. The fraction of sp³-hybridized carbons (Fsp3) is 0.467. The van der Waals surface area contributed by atoms with Gasteiger partial charge in [-0.3, -0.25) is 4.79 Å². The molecule has 0 fully saturated rings. The summed E-state index contributed by atoms with van der Waals surface area (Å²) in [4.78, 5) is 16.5. The Balaban J connectivity index is 2.42. The van der Waals surface area contributed by atoms with E-state index >= 15 is 0 Å². The highest BCUT2D eigenvalue weighted by Gasteiger charge is 2.15. The van der Waals surface area contributed by atoms with Crippen LogP contribution in [0.1, 0.15) is 33.0 Å². The predicted molar refractivity (Wildman–Crippen MR) is 73.6 cm³/mol. The molecule has 18 heavy (non-hydrogen) atoms. The van der Waals surface area contributed by atoms with Crippen molar-refractivity contribution in [3.05, 3.63) is 30.1 Å². The molecule has 0 N–H and O–H groups in total. The van der Waals surface area contributed by atoms with Gasteiger partial charge in [0.2, 0.25) is 0 Å². The minimum Gasteiger partial charge on any atom is -0.328 e. The van der Waals surface area contributed by atoms with E-state index in [1.807, 2.05) is 32.0 Å². The first-order valence-electron chi connectivity index (χ1n) is 6.60. The molecule has 2 rings (SSSR count). The summed E-state index contributed by atoms with van der Waals surface area (Å²) in [6.45, 7) is 6.94. The summed E-state index contributed by atoms with van der Waals surface area (Å²) in [7, 11) is 0. The second kappa shape index (κ2) is 5.34. The minimum atomic E-state index is 0.0693. The third-order valence-electron chi connectivity index (χ3n) is 3.16. The fourth-order valence-corrected chi connectivity index (χ4v) is 2.09. The van der Waals surface area contributed by atoms with Crippen molar-refractivity contribution in [1.29, 1.82) is 0 Å². The third kappa shape index (κ3) is 2.45. The van der Waals surface area contributed by atoms with Crippen LogP contribution in [0.2, 0.25) is 0 Å². The Hall–Kier alpha value is -1.64. The SMILES string of the molecule is CCCn1c(CC(=O)C(C)C)nc2ccccc21. The van der Waals surface area contributed by atoms with Gasteiger partial charge >= 0.3 is 0 Å². The Bertz CT molecular complexity index is 555. The molecule has 0 aliphatic rings. The molecule has 1 heterocycles. The lowest BCUT2D eigenvalue weighted by Gasteiger charge is -2.08. The molecule has 1 aromatic carbocycles. The molecule has 0 amide bonds. The number of aryl methyl sites for hydroxylation is 1. The number of Topliss-reactive ketones (excluding diaryl/α,β-unsaturated/α-hetero) is 1. The van der Waals surface area contributed by atoms with Crippen molar-refractivity contribution < 1.29 is 4.79 Å². The number of hydrogen-bond donors (Lipinski definition) is 0. The van der Waals surface area contributed by atoms with Gasteiger partial charge in [0.15, 0.2) is 0 Å². The smallest absolute Gasteiger partial charge is 0.142 e. The number of nitrogens with zero attached hydrogens (tertiary/aromatic N) is 2. The average molecular weight is 244 g/mol. The quantitative estimate of drug-likeness (QED) is 0.809. The van der Waals surface area contributed by atoms with Gasteiger partial charge in [0.05, 0.1) is 17.5 Å². The zero-order valence-electron chi connectivity index (χ0n) is 11.3. The lowest BCUT2D eigenvalue weighted by molar-refractivity contribution is -0.121. The van der Waals surface area contributed by atoms with Crippen molar-refractivity contribution >= 4 is 16.8 Å². The van der Waals surface area contributed by atoms with Crippen molar-refractivity contribution in [3.8, 4) is 0 Å². The summed E-state index contributed by atoms with van der Waals surface area (Å²) in [6, 6.07) is 8.08. The van der Waals surface area contributed by atoms with Crippen molar-refractivity contribution in [3.63, 3.8) is 0 Å². The molecule has 0 bridgehead atoms. The lowest BCUT2D eigenvalue weighted by Crippen LogP contribution is -2.14. The van der Waals surface area contributed by atoms with E-state index in [-0.39, 0.29) is 11.7 Å². The van der Waals surface area contributed by atoms with Gasteiger partial charge in [-0.15, -0.1) is 0 Å². The van der Waals surface area contributed by atoms with Gasteiger partial charge in [-0.05, 0) is 18.6 Å². The maximum absolute atomic E-state index is 11.9. The van der Waals surface area contributed by atoms with Crippen LogP contribution in [0.3, 0.4) is 0 Å². The molecule has 1 aromatic heterocycles. The van der Waals surface area contributed by atoms with Gasteiger partial charge in [0.1, 0.15) is 11.6 Å². The largest absolute Gasteiger partial charge is 0.328 e. The number of rotatable bonds is 5. The zero-order valence-corrected chi connectivity index (χ0v) is 11.3. The van der Waals surface area contributed by atoms with E-state index < -0.39 is 0 Å². The second-order valence-corrected chi connectivity index (χ2v) is 4.97. The van der Waals surface area contributed by atoms with Crippen molar-refractivity contribution in [2.24, 2.45) is 5.92 Å². The molecule has 3 nitrogen and oxygen atoms in total. The summed E-state index contributed by atoms with van der Waals surface area (Å²) in [5, 5.41) is 0. The number of benzene rings is 1. The Morgan fingerprint density at radius 3 is 2.72 bits per heavy atom. The number of hydrogen-bond acceptors (Lipinski definition) is 2. The first-order valence-corrected chi connectivity index (χ1v) is 6.60. The standard InChI is InChI=1S/C15H20N2O/c1-4-9-17-13-8-6-5-7-12(13)16-15(17)10-14(18)11(2)3/h5-8,11H,4,9-10H2,1-3H3. The molecule has 3 heteroatoms. The van der Waals surface area contributed by atoms with Crippen LogP contribution in [-0.4, -0.2) is 15.3 Å². The number of carbonyl (C=O) groups excluding carboxylic acids is 1. The van der Waals surface area contributed by atoms with Crippen LogP contribution >= 0.6 is 0 Å². The molecule has 0 aliphatic heterocycles. The highest BCUT2D eigenvalue weighted by molar-refractivity contribution is 5.83. The van der Waals surface area contributed by atoms with E-state index in [1.54, 1.807) is 0 Å². The Labute approximate surface area is 108 Å². The highest BCUT2D eigenvalue weighted by atomic mass is 16.1. The molecule has 96 valence electrons. The zero-order chi connectivity index (χ0) is 13.1. The Kier molecular flexibility index (Phi) is 3.80. The summed E-state index contributed by atoms with van der Waals surface area (Å²) in [6.07, 6.45) is 1.48. The van der Waals surface area contributed by atoms with Crippen LogP contribution in [0.4, 0.5) is 0 Å². The number of para-hydroxylation sites is 2. The van der Waals surface area contributed by atoms with Gasteiger partial charge < -0.3 is 4.57 Å². The van der Waals surface area contributed by atoms with E-state index in [4.69, 9.17) is 0 Å². The number of fused-ring (bicyclic) bond motifs is 1. The van der Waals surface area contributed by atoms with Crippen LogP contribution in [0.25, 0.3) is 11.0 Å². The molecule has 0 atom stereocenters. The van der Waals surface area contributed by atoms with E-state index in [2.05, 4.69) is 22.5 Å². The van der Waals surface area contributed by atoms with Crippen molar-refractivity contribution in [1.82, 2.24) is 9.55 Å². The molecule has 0 saturated heterocycles. The number of carbonyl (C=O) groups is 1. The molecule has 2 aromatic rings. The Morgan fingerprint density at radius 2 is 2.06 bits per heavy atom. The number of imidazole rings is 1. The van der Waals surface area contributed by atoms with E-state index in [9.17, 15) is 4.79 Å². The highest BCUT2D eigenvalue weighted by Crippen LogP contribution is 2.17. The van der Waals surface area contributed by atoms with E-state index in [0.29, 0.717) is 6.42 Å². The summed E-state index contributed by atoms with van der Waals surface area (Å²) in [5.41, 5.74) is 2.11. The first kappa shape index (κ1) is 12.8. The second-order valence-electron chi connectivity index (χ2n) is 4.97. The number of aromatic nitrogens is 2. The van der Waals surface area contributed by atoms with Gasteiger partial charge in [-0.25, -0.2) is 4.98 Å². The van der Waals surface area contributed by atoms with Crippen molar-refractivity contribution in [2.75, 3.05) is 0 Å². The average Bonchev–Trinajstić information content (AvgIpc) is 2.68. The van der Waals surface area contributed by atoms with E-state index in [0.717, 1.165) is 29.8 Å². The van der Waals surface area contributed by atoms with E-state index in [1.165, 1.54) is 0 Å². The van der Waals surface area contributed by atoms with Gasteiger partial charge in [0, 0.05) is 12.5 Å². The fourth-order valence-electron chi connectivity index (χ4n) is 2.09. The normalized spacial score (nSPS) is 11.3. The van der Waals surface area contributed by atoms with Crippen LogP contribution in [0, 0.1) is 5.92 Å². The third-order valence-corrected chi connectivity index (χ3v) is 3.16. The number of ketones is 1. The summed E-state index contributed by atoms with van der Waals surface area (Å²) >= 11 is 0. The van der Waals surface area contributed by atoms with Crippen LogP contribution in [0.5, 0.6) is 0 Å². The molecule has 0 unspecified atom stereocenters.